The van der Waals surface area contributed by atoms with Crippen LogP contribution in [-0.2, 0) is 9.59 Å². The molecule has 0 spiro atoms. The maximum absolute atomic E-state index is 11.8. The molecule has 1 saturated heterocycles. The minimum atomic E-state index is -0.102. The fourth-order valence-electron chi connectivity index (χ4n) is 1.59. The molecular weight excluding hydrogens is 210 g/mol. The van der Waals surface area contributed by atoms with E-state index in [0.29, 0.717) is 13.0 Å². The summed E-state index contributed by atoms with van der Waals surface area (Å²) in [6, 6.07) is 0. The molecule has 3 nitrogen and oxygen atoms in total. The number of thioether (sulfide) groups is 1. The van der Waals surface area contributed by atoms with Crippen LogP contribution in [0.15, 0.2) is 0 Å². The highest BCUT2D eigenvalue weighted by Gasteiger charge is 2.37. The first kappa shape index (κ1) is 12.6. The third-order valence-corrected chi connectivity index (χ3v) is 3.88. The zero-order valence-corrected chi connectivity index (χ0v) is 10.3. The zero-order chi connectivity index (χ0) is 11.3. The second kappa shape index (κ2) is 6.16. The Morgan fingerprint density at radius 1 is 1.33 bits per heavy atom. The Hall–Kier alpha value is -0.510. The maximum Gasteiger partial charge on any atom is 0.242 e. The summed E-state index contributed by atoms with van der Waals surface area (Å²) in [5.74, 6) is 1.01. The van der Waals surface area contributed by atoms with E-state index in [1.54, 1.807) is 11.8 Å². The van der Waals surface area contributed by atoms with Crippen LogP contribution in [0, 0.1) is 0 Å². The molecule has 1 unspecified atom stereocenters. The van der Waals surface area contributed by atoms with Crippen molar-refractivity contribution < 1.29 is 9.59 Å². The molecule has 1 atom stereocenters. The number of nitrogens with zero attached hydrogens (tertiary/aromatic N) is 1. The minimum absolute atomic E-state index is 0.0158. The number of carbonyl (C=O) groups excluding carboxylic acids is 2. The molecule has 1 aliphatic heterocycles. The molecular formula is C11H19NO2S. The molecule has 0 aliphatic carbocycles. The molecule has 1 heterocycles. The normalized spacial score (nSPS) is 21.5. The van der Waals surface area contributed by atoms with E-state index in [9.17, 15) is 9.59 Å². The summed E-state index contributed by atoms with van der Waals surface area (Å²) < 4.78 is 0. The van der Waals surface area contributed by atoms with Gasteiger partial charge in [0.05, 0.1) is 5.25 Å². The molecule has 15 heavy (non-hydrogen) atoms. The molecule has 86 valence electrons. The van der Waals surface area contributed by atoms with Crippen molar-refractivity contribution in [2.24, 2.45) is 0 Å². The van der Waals surface area contributed by atoms with E-state index in [-0.39, 0.29) is 17.1 Å². The molecule has 1 fully saturated rings. The quantitative estimate of drug-likeness (QED) is 0.654. The van der Waals surface area contributed by atoms with Gasteiger partial charge in [-0.05, 0) is 18.6 Å². The van der Waals surface area contributed by atoms with Crippen molar-refractivity contribution in [3.8, 4) is 0 Å². The van der Waals surface area contributed by atoms with Crippen LogP contribution in [-0.4, -0.2) is 34.3 Å². The Morgan fingerprint density at radius 3 is 2.67 bits per heavy atom. The summed E-state index contributed by atoms with van der Waals surface area (Å²) in [6.07, 6.45) is 3.40. The number of hydrogen-bond acceptors (Lipinski definition) is 3. The van der Waals surface area contributed by atoms with Gasteiger partial charge in [0.2, 0.25) is 11.8 Å². The number of carbonyl (C=O) groups is 2. The smallest absolute Gasteiger partial charge is 0.242 e. The minimum Gasteiger partial charge on any atom is -0.282 e. The van der Waals surface area contributed by atoms with Gasteiger partial charge in [-0.15, -0.1) is 11.8 Å². The standard InChI is InChI=1S/C11H19NO2S/c1-3-5-6-12-10(13)8-9(11(12)14)15-7-4-2/h9H,3-8H2,1-2H3. The Bertz CT molecular complexity index is 243. The van der Waals surface area contributed by atoms with Gasteiger partial charge in [0, 0.05) is 13.0 Å². The van der Waals surface area contributed by atoms with Crippen LogP contribution in [0.3, 0.4) is 0 Å². The van der Waals surface area contributed by atoms with Gasteiger partial charge < -0.3 is 0 Å². The lowest BCUT2D eigenvalue weighted by Crippen LogP contribution is -2.32. The maximum atomic E-state index is 11.8. The van der Waals surface area contributed by atoms with Gasteiger partial charge in [-0.1, -0.05) is 20.3 Å². The molecule has 0 saturated carbocycles. The molecule has 0 N–H and O–H groups in total. The van der Waals surface area contributed by atoms with E-state index in [2.05, 4.69) is 13.8 Å². The monoisotopic (exact) mass is 229 g/mol. The van der Waals surface area contributed by atoms with Crippen LogP contribution < -0.4 is 0 Å². The number of unbranched alkanes of at least 4 members (excludes halogenated alkanes) is 1. The number of likely N-dealkylation sites (tertiary alicyclic amines) is 1. The van der Waals surface area contributed by atoms with Crippen LogP contribution in [0.2, 0.25) is 0 Å². The first-order valence-corrected chi connectivity index (χ1v) is 6.71. The van der Waals surface area contributed by atoms with E-state index < -0.39 is 0 Å². The number of hydrogen-bond donors (Lipinski definition) is 0. The third kappa shape index (κ3) is 3.23. The van der Waals surface area contributed by atoms with E-state index in [4.69, 9.17) is 0 Å². The molecule has 0 radical (unpaired) electrons. The summed E-state index contributed by atoms with van der Waals surface area (Å²) in [6.45, 7) is 4.76. The van der Waals surface area contributed by atoms with Gasteiger partial charge in [-0.25, -0.2) is 0 Å². The first-order valence-electron chi connectivity index (χ1n) is 5.66. The van der Waals surface area contributed by atoms with Crippen molar-refractivity contribution in [2.75, 3.05) is 12.3 Å². The van der Waals surface area contributed by atoms with Crippen molar-refractivity contribution in [1.29, 1.82) is 0 Å². The summed E-state index contributed by atoms with van der Waals surface area (Å²) in [5.41, 5.74) is 0. The van der Waals surface area contributed by atoms with Crippen molar-refractivity contribution in [1.82, 2.24) is 4.90 Å². The summed E-state index contributed by atoms with van der Waals surface area (Å²) in [5, 5.41) is -0.102. The van der Waals surface area contributed by atoms with E-state index in [1.807, 2.05) is 0 Å². The number of amides is 2. The third-order valence-electron chi connectivity index (χ3n) is 2.46. The van der Waals surface area contributed by atoms with Crippen molar-refractivity contribution in [3.63, 3.8) is 0 Å². The average molecular weight is 229 g/mol. The second-order valence-electron chi connectivity index (χ2n) is 3.80. The molecule has 2 amide bonds. The average Bonchev–Trinajstić information content (AvgIpc) is 2.49. The SMILES string of the molecule is CCCCN1C(=O)CC(SCCC)C1=O. The lowest BCUT2D eigenvalue weighted by atomic mass is 10.3. The highest BCUT2D eigenvalue weighted by molar-refractivity contribution is 8.00. The fraction of sp³-hybridized carbons (Fsp3) is 0.818. The van der Waals surface area contributed by atoms with Crippen LogP contribution in [0.1, 0.15) is 39.5 Å². The molecule has 0 aromatic rings. The highest BCUT2D eigenvalue weighted by atomic mass is 32.2. The van der Waals surface area contributed by atoms with Crippen molar-refractivity contribution in [3.05, 3.63) is 0 Å². The summed E-state index contributed by atoms with van der Waals surface area (Å²) in [4.78, 5) is 24.8. The topological polar surface area (TPSA) is 37.4 Å². The van der Waals surface area contributed by atoms with Crippen LogP contribution in [0.5, 0.6) is 0 Å². The van der Waals surface area contributed by atoms with Crippen molar-refractivity contribution >= 4 is 23.6 Å². The molecule has 0 aromatic carbocycles. The lowest BCUT2D eigenvalue weighted by Gasteiger charge is -2.13. The molecule has 4 heteroatoms. The largest absolute Gasteiger partial charge is 0.282 e. The van der Waals surface area contributed by atoms with Crippen LogP contribution in [0.4, 0.5) is 0 Å². The number of rotatable bonds is 6. The molecule has 1 rings (SSSR count). The van der Waals surface area contributed by atoms with E-state index in [1.165, 1.54) is 4.90 Å². The Morgan fingerprint density at radius 2 is 2.07 bits per heavy atom. The Balaban J connectivity index is 2.46. The van der Waals surface area contributed by atoms with Crippen LogP contribution >= 0.6 is 11.8 Å². The first-order chi connectivity index (χ1) is 7.20. The van der Waals surface area contributed by atoms with Gasteiger partial charge in [0.15, 0.2) is 0 Å². The van der Waals surface area contributed by atoms with Crippen molar-refractivity contribution in [2.45, 2.75) is 44.8 Å². The predicted octanol–water partition coefficient (Wildman–Crippen LogP) is 2.06. The van der Waals surface area contributed by atoms with Gasteiger partial charge >= 0.3 is 0 Å². The predicted molar refractivity (Wildman–Crippen MR) is 62.8 cm³/mol. The summed E-state index contributed by atoms with van der Waals surface area (Å²) in [7, 11) is 0. The van der Waals surface area contributed by atoms with Gasteiger partial charge in [0.1, 0.15) is 0 Å². The Kier molecular flexibility index (Phi) is 5.15. The molecule has 0 aromatic heterocycles. The Labute approximate surface area is 95.6 Å². The van der Waals surface area contributed by atoms with E-state index in [0.717, 1.165) is 25.0 Å². The van der Waals surface area contributed by atoms with Gasteiger partial charge in [-0.2, -0.15) is 0 Å². The second-order valence-corrected chi connectivity index (χ2v) is 5.11. The van der Waals surface area contributed by atoms with Crippen LogP contribution in [0.25, 0.3) is 0 Å². The van der Waals surface area contributed by atoms with E-state index >= 15 is 0 Å². The lowest BCUT2D eigenvalue weighted by molar-refractivity contribution is -0.138. The molecule has 0 bridgehead atoms. The summed E-state index contributed by atoms with van der Waals surface area (Å²) >= 11 is 1.62. The van der Waals surface area contributed by atoms with Gasteiger partial charge in [-0.3, -0.25) is 14.5 Å². The zero-order valence-electron chi connectivity index (χ0n) is 9.49. The highest BCUT2D eigenvalue weighted by Crippen LogP contribution is 2.25. The fourth-order valence-corrected chi connectivity index (χ4v) is 2.64. The number of imide groups is 1. The molecule has 1 aliphatic rings. The van der Waals surface area contributed by atoms with Gasteiger partial charge in [0.25, 0.3) is 0 Å².